The second-order valence-electron chi connectivity index (χ2n) is 5.23. The lowest BCUT2D eigenvalue weighted by Crippen LogP contribution is -2.50. The molecule has 1 aromatic carbocycles. The number of benzene rings is 1. The van der Waals surface area contributed by atoms with Crippen molar-refractivity contribution in [1.29, 1.82) is 0 Å². The monoisotopic (exact) mass is 295 g/mol. The summed E-state index contributed by atoms with van der Waals surface area (Å²) in [6, 6.07) is 8.03. The van der Waals surface area contributed by atoms with Crippen molar-refractivity contribution in [2.24, 2.45) is 0 Å². The van der Waals surface area contributed by atoms with Crippen LogP contribution in [0.1, 0.15) is 13.8 Å². The van der Waals surface area contributed by atoms with E-state index in [1.165, 1.54) is 0 Å². The van der Waals surface area contributed by atoms with Crippen LogP contribution in [0, 0.1) is 0 Å². The smallest absolute Gasteiger partial charge is 0.119 e. The highest BCUT2D eigenvalue weighted by molar-refractivity contribution is 5.31. The zero-order valence-corrected chi connectivity index (χ0v) is 12.8. The average molecular weight is 295 g/mol. The molecule has 0 spiro atoms. The first-order valence-corrected chi connectivity index (χ1v) is 7.55. The summed E-state index contributed by atoms with van der Waals surface area (Å²) in [5.74, 6) is 1.70. The quantitative estimate of drug-likeness (QED) is 0.827. The van der Waals surface area contributed by atoms with Crippen LogP contribution in [0.15, 0.2) is 24.3 Å². The lowest BCUT2D eigenvalue weighted by molar-refractivity contribution is -0.0798. The van der Waals surface area contributed by atoms with Gasteiger partial charge in [0, 0.05) is 19.1 Å². The lowest BCUT2D eigenvalue weighted by Gasteiger charge is -2.37. The van der Waals surface area contributed by atoms with Crippen molar-refractivity contribution in [3.63, 3.8) is 0 Å². The van der Waals surface area contributed by atoms with Crippen molar-refractivity contribution in [3.8, 4) is 11.5 Å². The molecule has 0 bridgehead atoms. The molecule has 2 rings (SSSR count). The highest BCUT2D eigenvalue weighted by atomic mass is 16.5. The van der Waals surface area contributed by atoms with E-state index in [9.17, 15) is 5.11 Å². The van der Waals surface area contributed by atoms with Gasteiger partial charge < -0.3 is 19.3 Å². The molecule has 1 aliphatic heterocycles. The van der Waals surface area contributed by atoms with Gasteiger partial charge in [-0.3, -0.25) is 4.90 Å². The molecule has 0 radical (unpaired) electrons. The number of morpholine rings is 1. The summed E-state index contributed by atoms with van der Waals surface area (Å²) < 4.78 is 16.7. The van der Waals surface area contributed by atoms with Crippen molar-refractivity contribution in [3.05, 3.63) is 24.3 Å². The van der Waals surface area contributed by atoms with Gasteiger partial charge in [0.15, 0.2) is 0 Å². The maximum atomic E-state index is 9.17. The van der Waals surface area contributed by atoms with Gasteiger partial charge in [0.25, 0.3) is 0 Å². The fourth-order valence-electron chi connectivity index (χ4n) is 2.38. The van der Waals surface area contributed by atoms with Gasteiger partial charge in [0.05, 0.1) is 25.9 Å². The van der Waals surface area contributed by atoms with E-state index in [-0.39, 0.29) is 12.7 Å². The standard InChI is InChI=1S/C16H25NO4/c1-3-19-14-4-6-15(7-5-14)20-9-8-17-10-16(11-18)21-12-13(17)2/h4-7,13,16,18H,3,8-12H2,1-2H3. The second kappa shape index (κ2) is 8.22. The van der Waals surface area contributed by atoms with Gasteiger partial charge in [-0.1, -0.05) is 0 Å². The number of rotatable bonds is 7. The molecule has 5 heteroatoms. The van der Waals surface area contributed by atoms with Gasteiger partial charge in [-0.05, 0) is 38.1 Å². The molecule has 0 aromatic heterocycles. The first-order valence-electron chi connectivity index (χ1n) is 7.55. The van der Waals surface area contributed by atoms with Crippen LogP contribution in [0.2, 0.25) is 0 Å². The Balaban J connectivity index is 1.75. The summed E-state index contributed by atoms with van der Waals surface area (Å²) >= 11 is 0. The summed E-state index contributed by atoms with van der Waals surface area (Å²) in [5, 5.41) is 9.17. The number of hydrogen-bond donors (Lipinski definition) is 1. The first-order chi connectivity index (χ1) is 10.2. The third-order valence-corrected chi connectivity index (χ3v) is 3.62. The fourth-order valence-corrected chi connectivity index (χ4v) is 2.38. The van der Waals surface area contributed by atoms with Crippen LogP contribution < -0.4 is 9.47 Å². The molecule has 1 N–H and O–H groups in total. The van der Waals surface area contributed by atoms with Crippen molar-refractivity contribution in [2.45, 2.75) is 26.0 Å². The van der Waals surface area contributed by atoms with E-state index in [0.717, 1.165) is 24.6 Å². The summed E-state index contributed by atoms with van der Waals surface area (Å²) in [6.45, 7) is 7.70. The third kappa shape index (κ3) is 4.88. The number of aliphatic hydroxyl groups excluding tert-OH is 1. The number of hydrogen-bond acceptors (Lipinski definition) is 5. The number of ether oxygens (including phenoxy) is 3. The molecule has 1 fully saturated rings. The van der Waals surface area contributed by atoms with E-state index < -0.39 is 0 Å². The molecule has 118 valence electrons. The second-order valence-corrected chi connectivity index (χ2v) is 5.23. The Labute approximate surface area is 126 Å². The van der Waals surface area contributed by atoms with Crippen molar-refractivity contribution in [1.82, 2.24) is 4.90 Å². The molecule has 0 saturated carbocycles. The van der Waals surface area contributed by atoms with E-state index in [4.69, 9.17) is 14.2 Å². The van der Waals surface area contributed by atoms with Crippen LogP contribution in [0.3, 0.4) is 0 Å². The largest absolute Gasteiger partial charge is 0.494 e. The minimum atomic E-state index is -0.0772. The van der Waals surface area contributed by atoms with E-state index in [0.29, 0.717) is 25.9 Å². The van der Waals surface area contributed by atoms with Crippen LogP contribution in [-0.2, 0) is 4.74 Å². The Morgan fingerprint density at radius 1 is 1.24 bits per heavy atom. The molecule has 1 saturated heterocycles. The number of aliphatic hydroxyl groups is 1. The molecular weight excluding hydrogens is 270 g/mol. The number of nitrogens with zero attached hydrogens (tertiary/aromatic N) is 1. The molecule has 2 unspecified atom stereocenters. The summed E-state index contributed by atoms with van der Waals surface area (Å²) in [7, 11) is 0. The molecule has 0 amide bonds. The van der Waals surface area contributed by atoms with Gasteiger partial charge in [-0.15, -0.1) is 0 Å². The summed E-state index contributed by atoms with van der Waals surface area (Å²) in [4.78, 5) is 2.29. The maximum absolute atomic E-state index is 9.17. The Kier molecular flexibility index (Phi) is 6.29. The molecule has 1 aromatic rings. The van der Waals surface area contributed by atoms with Crippen LogP contribution >= 0.6 is 0 Å². The zero-order valence-electron chi connectivity index (χ0n) is 12.8. The van der Waals surface area contributed by atoms with Gasteiger partial charge >= 0.3 is 0 Å². The Hall–Kier alpha value is -1.30. The molecular formula is C16H25NO4. The third-order valence-electron chi connectivity index (χ3n) is 3.62. The first kappa shape index (κ1) is 16.1. The molecule has 2 atom stereocenters. The van der Waals surface area contributed by atoms with E-state index in [2.05, 4.69) is 11.8 Å². The van der Waals surface area contributed by atoms with E-state index in [1.54, 1.807) is 0 Å². The molecule has 1 heterocycles. The lowest BCUT2D eigenvalue weighted by atomic mass is 10.2. The van der Waals surface area contributed by atoms with E-state index >= 15 is 0 Å². The SMILES string of the molecule is CCOc1ccc(OCCN2CC(CO)OCC2C)cc1. The van der Waals surface area contributed by atoms with Gasteiger partial charge in [-0.2, -0.15) is 0 Å². The van der Waals surface area contributed by atoms with Gasteiger partial charge in [0.2, 0.25) is 0 Å². The van der Waals surface area contributed by atoms with Crippen molar-refractivity contribution in [2.75, 3.05) is 39.5 Å². The van der Waals surface area contributed by atoms with Crippen molar-refractivity contribution >= 4 is 0 Å². The molecule has 0 aliphatic carbocycles. The predicted molar refractivity (Wildman–Crippen MR) is 81.0 cm³/mol. The van der Waals surface area contributed by atoms with Crippen LogP contribution in [0.25, 0.3) is 0 Å². The summed E-state index contributed by atoms with van der Waals surface area (Å²) in [5.41, 5.74) is 0. The van der Waals surface area contributed by atoms with E-state index in [1.807, 2.05) is 31.2 Å². The van der Waals surface area contributed by atoms with Crippen molar-refractivity contribution < 1.29 is 19.3 Å². The fraction of sp³-hybridized carbons (Fsp3) is 0.625. The molecule has 1 aliphatic rings. The topological polar surface area (TPSA) is 51.2 Å². The molecule has 5 nitrogen and oxygen atoms in total. The Bertz CT molecular complexity index is 409. The zero-order chi connectivity index (χ0) is 15.1. The summed E-state index contributed by atoms with van der Waals surface area (Å²) in [6.07, 6.45) is -0.0772. The minimum Gasteiger partial charge on any atom is -0.494 e. The van der Waals surface area contributed by atoms with Crippen LogP contribution in [0.5, 0.6) is 11.5 Å². The van der Waals surface area contributed by atoms with Gasteiger partial charge in [-0.25, -0.2) is 0 Å². The molecule has 21 heavy (non-hydrogen) atoms. The Morgan fingerprint density at radius 3 is 2.52 bits per heavy atom. The highest BCUT2D eigenvalue weighted by Crippen LogP contribution is 2.18. The predicted octanol–water partition coefficient (Wildman–Crippen LogP) is 1.55. The van der Waals surface area contributed by atoms with Crippen LogP contribution in [-0.4, -0.2) is 61.7 Å². The average Bonchev–Trinajstić information content (AvgIpc) is 2.51. The Morgan fingerprint density at radius 2 is 1.90 bits per heavy atom. The normalized spacial score (nSPS) is 23.0. The minimum absolute atomic E-state index is 0.0724. The maximum Gasteiger partial charge on any atom is 0.119 e. The van der Waals surface area contributed by atoms with Gasteiger partial charge in [0.1, 0.15) is 18.1 Å². The van der Waals surface area contributed by atoms with Crippen LogP contribution in [0.4, 0.5) is 0 Å². The highest BCUT2D eigenvalue weighted by Gasteiger charge is 2.25.